The third kappa shape index (κ3) is 6.88. The van der Waals surface area contributed by atoms with E-state index in [1.165, 1.54) is 0 Å². The molecule has 0 aromatic carbocycles. The van der Waals surface area contributed by atoms with Gasteiger partial charge in [-0.2, -0.15) is 0 Å². The predicted octanol–water partition coefficient (Wildman–Crippen LogP) is 2.17. The summed E-state index contributed by atoms with van der Waals surface area (Å²) in [7, 11) is 0. The van der Waals surface area contributed by atoms with E-state index in [0.29, 0.717) is 19.0 Å². The maximum Gasteiger partial charge on any atom is 0.218 e. The number of hydrogen-bond donors (Lipinski definition) is 2. The van der Waals surface area contributed by atoms with Gasteiger partial charge in [0.15, 0.2) is 5.96 Å². The first-order chi connectivity index (χ1) is 13.3. The summed E-state index contributed by atoms with van der Waals surface area (Å²) in [5.41, 5.74) is 0.984. The zero-order valence-electron chi connectivity index (χ0n) is 16.6. The summed E-state index contributed by atoms with van der Waals surface area (Å²) in [4.78, 5) is 9.01. The van der Waals surface area contributed by atoms with Crippen LogP contribution < -0.4 is 15.4 Å². The fourth-order valence-electron chi connectivity index (χ4n) is 2.53. The van der Waals surface area contributed by atoms with Crippen molar-refractivity contribution in [2.45, 2.75) is 53.1 Å². The lowest BCUT2D eigenvalue weighted by Crippen LogP contribution is -2.39. The van der Waals surface area contributed by atoms with Crippen molar-refractivity contribution in [3.05, 3.63) is 36.0 Å². The molecule has 0 atom stereocenters. The topological polar surface area (TPSA) is 89.3 Å². The number of hydrogen-bond acceptors (Lipinski definition) is 5. The average Bonchev–Trinajstić information content (AvgIpc) is 3.14. The van der Waals surface area contributed by atoms with Crippen LogP contribution in [-0.2, 0) is 19.5 Å². The number of aliphatic imine (C=N–C) groups is 1. The lowest BCUT2D eigenvalue weighted by molar-refractivity contribution is 0.294. The molecule has 0 saturated heterocycles. The summed E-state index contributed by atoms with van der Waals surface area (Å²) in [6.45, 7) is 9.79. The Balaban J connectivity index is 1.93. The fourth-order valence-corrected chi connectivity index (χ4v) is 2.53. The highest BCUT2D eigenvalue weighted by Crippen LogP contribution is 2.15. The average molecular weight is 374 g/mol. The molecule has 0 unspecified atom stereocenters. The van der Waals surface area contributed by atoms with E-state index < -0.39 is 0 Å². The molecule has 0 aliphatic carbocycles. The first kappa shape index (κ1) is 20.7. The third-order valence-corrected chi connectivity index (χ3v) is 4.00. The second-order valence-corrected chi connectivity index (χ2v) is 6.09. The van der Waals surface area contributed by atoms with Gasteiger partial charge in [0.25, 0.3) is 0 Å². The van der Waals surface area contributed by atoms with E-state index in [4.69, 9.17) is 4.74 Å². The summed E-state index contributed by atoms with van der Waals surface area (Å²) >= 11 is 0. The van der Waals surface area contributed by atoms with Gasteiger partial charge in [0, 0.05) is 37.8 Å². The normalized spacial score (nSPS) is 11.4. The molecular formula is C19H31N7O. The molecule has 0 bridgehead atoms. The van der Waals surface area contributed by atoms with Crippen LogP contribution in [0.2, 0.25) is 0 Å². The number of nitrogens with zero attached hydrogens (tertiary/aromatic N) is 5. The summed E-state index contributed by atoms with van der Waals surface area (Å²) in [5, 5.41) is 14.7. The number of rotatable bonds is 11. The molecule has 27 heavy (non-hydrogen) atoms. The SMILES string of the molecule is CCCCOc1ncccc1CN=C(NCC)NCCn1cnnc1CC. The summed E-state index contributed by atoms with van der Waals surface area (Å²) < 4.78 is 7.84. The van der Waals surface area contributed by atoms with E-state index in [9.17, 15) is 0 Å². The Morgan fingerprint density at radius 3 is 2.93 bits per heavy atom. The van der Waals surface area contributed by atoms with Crippen LogP contribution in [0.1, 0.15) is 45.0 Å². The van der Waals surface area contributed by atoms with Crippen LogP contribution in [-0.4, -0.2) is 45.4 Å². The Kier molecular flexibility index (Phi) is 9.09. The van der Waals surface area contributed by atoms with Gasteiger partial charge in [0.2, 0.25) is 5.88 Å². The molecule has 148 valence electrons. The molecule has 2 heterocycles. The van der Waals surface area contributed by atoms with Crippen molar-refractivity contribution < 1.29 is 4.74 Å². The van der Waals surface area contributed by atoms with Crippen molar-refractivity contribution >= 4 is 5.96 Å². The van der Waals surface area contributed by atoms with Crippen molar-refractivity contribution in [1.29, 1.82) is 0 Å². The molecule has 2 N–H and O–H groups in total. The first-order valence-electron chi connectivity index (χ1n) is 9.74. The number of aromatic nitrogens is 4. The highest BCUT2D eigenvalue weighted by molar-refractivity contribution is 5.79. The third-order valence-electron chi connectivity index (χ3n) is 4.00. The van der Waals surface area contributed by atoms with Crippen molar-refractivity contribution in [3.63, 3.8) is 0 Å². The Hall–Kier alpha value is -2.64. The quantitative estimate of drug-likeness (QED) is 0.356. The maximum atomic E-state index is 5.79. The van der Waals surface area contributed by atoms with Crippen LogP contribution in [0.15, 0.2) is 29.6 Å². The van der Waals surface area contributed by atoms with Gasteiger partial charge in [-0.3, -0.25) is 0 Å². The summed E-state index contributed by atoms with van der Waals surface area (Å²) in [5.74, 6) is 2.43. The van der Waals surface area contributed by atoms with Gasteiger partial charge in [0.1, 0.15) is 12.2 Å². The lowest BCUT2D eigenvalue weighted by Gasteiger charge is -2.13. The number of guanidine groups is 1. The van der Waals surface area contributed by atoms with Crippen molar-refractivity contribution in [2.75, 3.05) is 19.7 Å². The van der Waals surface area contributed by atoms with Gasteiger partial charge < -0.3 is 19.9 Å². The van der Waals surface area contributed by atoms with Gasteiger partial charge in [0.05, 0.1) is 13.2 Å². The minimum atomic E-state index is 0.511. The summed E-state index contributed by atoms with van der Waals surface area (Å²) in [6.07, 6.45) is 6.51. The number of nitrogens with one attached hydrogen (secondary N) is 2. The largest absolute Gasteiger partial charge is 0.477 e. The molecule has 2 aromatic rings. The Morgan fingerprint density at radius 1 is 1.26 bits per heavy atom. The van der Waals surface area contributed by atoms with Gasteiger partial charge in [-0.25, -0.2) is 9.98 Å². The molecule has 8 heteroatoms. The van der Waals surface area contributed by atoms with Gasteiger partial charge >= 0.3 is 0 Å². The van der Waals surface area contributed by atoms with Crippen LogP contribution in [0.25, 0.3) is 0 Å². The molecule has 0 saturated carbocycles. The van der Waals surface area contributed by atoms with Gasteiger partial charge in [-0.15, -0.1) is 10.2 Å². The van der Waals surface area contributed by atoms with Gasteiger partial charge in [-0.05, 0) is 19.4 Å². The molecule has 8 nitrogen and oxygen atoms in total. The second kappa shape index (κ2) is 11.9. The molecule has 2 aromatic heterocycles. The monoisotopic (exact) mass is 373 g/mol. The molecule has 0 radical (unpaired) electrons. The van der Waals surface area contributed by atoms with E-state index >= 15 is 0 Å². The van der Waals surface area contributed by atoms with Crippen LogP contribution in [0, 0.1) is 0 Å². The van der Waals surface area contributed by atoms with Crippen LogP contribution >= 0.6 is 0 Å². The second-order valence-electron chi connectivity index (χ2n) is 6.09. The highest BCUT2D eigenvalue weighted by atomic mass is 16.5. The smallest absolute Gasteiger partial charge is 0.218 e. The lowest BCUT2D eigenvalue weighted by atomic mass is 10.3. The van der Waals surface area contributed by atoms with E-state index in [0.717, 1.165) is 56.2 Å². The fraction of sp³-hybridized carbons (Fsp3) is 0.579. The van der Waals surface area contributed by atoms with Crippen LogP contribution in [0.4, 0.5) is 0 Å². The number of aryl methyl sites for hydroxylation is 1. The van der Waals surface area contributed by atoms with E-state index in [1.807, 2.05) is 12.1 Å². The Morgan fingerprint density at radius 2 is 2.15 bits per heavy atom. The molecule has 2 rings (SSSR count). The number of ether oxygens (including phenoxy) is 1. The molecular weight excluding hydrogens is 342 g/mol. The summed E-state index contributed by atoms with van der Waals surface area (Å²) in [6, 6.07) is 3.92. The predicted molar refractivity (Wildman–Crippen MR) is 107 cm³/mol. The molecule has 0 aliphatic heterocycles. The Bertz CT molecular complexity index is 699. The minimum Gasteiger partial charge on any atom is -0.477 e. The van der Waals surface area contributed by atoms with E-state index in [1.54, 1.807) is 12.5 Å². The molecule has 0 fully saturated rings. The van der Waals surface area contributed by atoms with Gasteiger partial charge in [-0.1, -0.05) is 26.3 Å². The van der Waals surface area contributed by atoms with E-state index in [-0.39, 0.29) is 0 Å². The minimum absolute atomic E-state index is 0.511. The van der Waals surface area contributed by atoms with Crippen LogP contribution in [0.5, 0.6) is 5.88 Å². The molecule has 0 aliphatic rings. The number of pyridine rings is 1. The van der Waals surface area contributed by atoms with Crippen molar-refractivity contribution in [1.82, 2.24) is 30.4 Å². The maximum absolute atomic E-state index is 5.79. The standard InChI is InChI=1S/C19H31N7O/c1-4-7-13-27-18-16(9-8-10-21-18)14-23-19(20-6-3)22-11-12-26-15-24-25-17(26)5-2/h8-10,15H,4-7,11-14H2,1-3H3,(H2,20,22,23). The highest BCUT2D eigenvalue weighted by Gasteiger charge is 2.06. The van der Waals surface area contributed by atoms with E-state index in [2.05, 4.69) is 56.1 Å². The van der Waals surface area contributed by atoms with Crippen molar-refractivity contribution in [2.24, 2.45) is 4.99 Å². The zero-order chi connectivity index (χ0) is 19.3. The van der Waals surface area contributed by atoms with Crippen LogP contribution in [0.3, 0.4) is 0 Å². The number of unbranched alkanes of at least 4 members (excludes halogenated alkanes) is 1. The zero-order valence-corrected chi connectivity index (χ0v) is 16.6. The molecule has 0 amide bonds. The van der Waals surface area contributed by atoms with Crippen molar-refractivity contribution in [3.8, 4) is 5.88 Å². The molecule has 0 spiro atoms. The Labute approximate surface area is 161 Å². The first-order valence-corrected chi connectivity index (χ1v) is 9.74.